The summed E-state index contributed by atoms with van der Waals surface area (Å²) in [4.78, 5) is 16.6. The highest BCUT2D eigenvalue weighted by Crippen LogP contribution is 2.19. The highest BCUT2D eigenvalue weighted by atomic mass is 32.1. The second-order valence-electron chi connectivity index (χ2n) is 4.11. The van der Waals surface area contributed by atoms with Crippen molar-refractivity contribution >= 4 is 28.1 Å². The Morgan fingerprint density at radius 1 is 1.30 bits per heavy atom. The molecule has 1 amide bonds. The number of aromatic nitrogens is 1. The normalized spacial score (nSPS) is 11.2. The van der Waals surface area contributed by atoms with Gasteiger partial charge in [0, 0.05) is 0 Å². The van der Waals surface area contributed by atoms with E-state index in [1.807, 2.05) is 43.3 Å². The molecule has 0 saturated heterocycles. The summed E-state index contributed by atoms with van der Waals surface area (Å²) in [5.41, 5.74) is 13.6. The fourth-order valence-corrected chi connectivity index (χ4v) is 2.47. The lowest BCUT2D eigenvalue weighted by atomic mass is 10.1. The number of hydrogen-bond acceptors (Lipinski definition) is 5. The standard InChI is InChI=1S/C14H16N4OS/c1-3-11(10-7-5-4-6-8-10)17-18-13(19)12-9(2)16-14(15)20-12/h3-8,17H,1-2H3,(H2,15,16)(H,18,19)/b11-3-. The first kappa shape index (κ1) is 14.1. The topological polar surface area (TPSA) is 80.0 Å². The zero-order chi connectivity index (χ0) is 14.5. The summed E-state index contributed by atoms with van der Waals surface area (Å²) in [5.74, 6) is -0.244. The number of benzene rings is 1. The van der Waals surface area contributed by atoms with Crippen LogP contribution in [0.2, 0.25) is 0 Å². The third-order valence-electron chi connectivity index (χ3n) is 2.70. The molecule has 1 aromatic carbocycles. The number of anilines is 1. The monoisotopic (exact) mass is 288 g/mol. The highest BCUT2D eigenvalue weighted by molar-refractivity contribution is 7.17. The Kier molecular flexibility index (Phi) is 4.37. The first-order valence-corrected chi connectivity index (χ1v) is 6.94. The van der Waals surface area contributed by atoms with Gasteiger partial charge in [-0.15, -0.1) is 0 Å². The quantitative estimate of drug-likeness (QED) is 0.754. The van der Waals surface area contributed by atoms with Gasteiger partial charge in [0.2, 0.25) is 0 Å². The number of amides is 1. The van der Waals surface area contributed by atoms with Crippen LogP contribution < -0.4 is 16.6 Å². The van der Waals surface area contributed by atoms with Gasteiger partial charge in [-0.2, -0.15) is 0 Å². The summed E-state index contributed by atoms with van der Waals surface area (Å²) < 4.78 is 0. The highest BCUT2D eigenvalue weighted by Gasteiger charge is 2.14. The third kappa shape index (κ3) is 3.16. The number of allylic oxidation sites excluding steroid dienone is 1. The van der Waals surface area contributed by atoms with Crippen molar-refractivity contribution in [2.75, 3.05) is 5.73 Å². The Morgan fingerprint density at radius 3 is 2.55 bits per heavy atom. The zero-order valence-corrected chi connectivity index (χ0v) is 12.1. The maximum atomic E-state index is 12.0. The third-order valence-corrected chi connectivity index (χ3v) is 3.69. The molecule has 0 aliphatic carbocycles. The van der Waals surface area contributed by atoms with Crippen molar-refractivity contribution in [1.29, 1.82) is 0 Å². The van der Waals surface area contributed by atoms with Crippen molar-refractivity contribution in [2.45, 2.75) is 13.8 Å². The van der Waals surface area contributed by atoms with Gasteiger partial charge in [0.15, 0.2) is 5.13 Å². The van der Waals surface area contributed by atoms with Crippen LogP contribution in [0.1, 0.15) is 27.9 Å². The fourth-order valence-electron chi connectivity index (χ4n) is 1.74. The molecule has 1 heterocycles. The smallest absolute Gasteiger partial charge is 0.281 e. The van der Waals surface area contributed by atoms with E-state index in [0.717, 1.165) is 11.3 Å². The van der Waals surface area contributed by atoms with E-state index in [4.69, 9.17) is 5.73 Å². The molecule has 4 N–H and O–H groups in total. The average molecular weight is 288 g/mol. The van der Waals surface area contributed by atoms with Crippen LogP contribution in [0.15, 0.2) is 36.4 Å². The first-order chi connectivity index (χ1) is 9.61. The molecule has 6 heteroatoms. The molecule has 0 atom stereocenters. The minimum absolute atomic E-state index is 0.244. The van der Waals surface area contributed by atoms with Gasteiger partial charge in [0.05, 0.1) is 11.4 Å². The molecule has 2 aromatic rings. The number of thiazole rings is 1. The Labute approximate surface area is 121 Å². The van der Waals surface area contributed by atoms with E-state index < -0.39 is 0 Å². The number of carbonyl (C=O) groups excluding carboxylic acids is 1. The van der Waals surface area contributed by atoms with Crippen LogP contribution in [0.5, 0.6) is 0 Å². The number of nitrogens with one attached hydrogen (secondary N) is 2. The van der Waals surface area contributed by atoms with Crippen molar-refractivity contribution in [3.8, 4) is 0 Å². The number of hydrogen-bond donors (Lipinski definition) is 3. The number of nitrogen functional groups attached to an aromatic ring is 1. The average Bonchev–Trinajstić information content (AvgIpc) is 2.79. The number of hydrazine groups is 1. The van der Waals surface area contributed by atoms with Crippen LogP contribution in [0.25, 0.3) is 5.70 Å². The number of nitrogens with two attached hydrogens (primary N) is 1. The van der Waals surface area contributed by atoms with Gasteiger partial charge in [-0.1, -0.05) is 47.7 Å². The minimum Gasteiger partial charge on any atom is -0.375 e. The van der Waals surface area contributed by atoms with E-state index in [1.165, 1.54) is 11.3 Å². The van der Waals surface area contributed by atoms with Crippen LogP contribution in [-0.4, -0.2) is 10.9 Å². The van der Waals surface area contributed by atoms with Crippen molar-refractivity contribution in [3.05, 3.63) is 52.5 Å². The fraction of sp³-hybridized carbons (Fsp3) is 0.143. The van der Waals surface area contributed by atoms with Gasteiger partial charge in [-0.3, -0.25) is 15.6 Å². The predicted molar refractivity (Wildman–Crippen MR) is 82.0 cm³/mol. The Morgan fingerprint density at radius 2 is 2.00 bits per heavy atom. The van der Waals surface area contributed by atoms with Crippen molar-refractivity contribution in [1.82, 2.24) is 15.8 Å². The number of aryl methyl sites for hydroxylation is 1. The first-order valence-electron chi connectivity index (χ1n) is 6.12. The molecule has 0 aliphatic rings. The SMILES string of the molecule is C/C=C(\NNC(=O)c1sc(N)nc1C)c1ccccc1. The molecular formula is C14H16N4OS. The lowest BCUT2D eigenvalue weighted by Gasteiger charge is -2.11. The molecule has 0 unspecified atom stereocenters. The summed E-state index contributed by atoms with van der Waals surface area (Å²) in [6.07, 6.45) is 1.89. The van der Waals surface area contributed by atoms with Crippen LogP contribution in [0.4, 0.5) is 5.13 Å². The van der Waals surface area contributed by atoms with E-state index in [9.17, 15) is 4.79 Å². The summed E-state index contributed by atoms with van der Waals surface area (Å²) >= 11 is 1.17. The maximum absolute atomic E-state index is 12.0. The van der Waals surface area contributed by atoms with Gasteiger partial charge in [0.25, 0.3) is 5.91 Å². The lowest BCUT2D eigenvalue weighted by molar-refractivity contribution is 0.0945. The van der Waals surface area contributed by atoms with Crippen LogP contribution >= 0.6 is 11.3 Å². The van der Waals surface area contributed by atoms with Gasteiger partial charge in [0.1, 0.15) is 4.88 Å². The molecule has 20 heavy (non-hydrogen) atoms. The zero-order valence-electron chi connectivity index (χ0n) is 11.3. The van der Waals surface area contributed by atoms with Crippen LogP contribution in [0.3, 0.4) is 0 Å². The Balaban J connectivity index is 2.05. The molecule has 2 rings (SSSR count). The molecule has 0 fully saturated rings. The molecule has 0 saturated carbocycles. The number of carbonyl (C=O) groups is 1. The van der Waals surface area contributed by atoms with Crippen molar-refractivity contribution in [2.24, 2.45) is 0 Å². The van der Waals surface area contributed by atoms with Crippen LogP contribution in [0, 0.1) is 6.92 Å². The van der Waals surface area contributed by atoms with E-state index in [0.29, 0.717) is 15.7 Å². The van der Waals surface area contributed by atoms with E-state index >= 15 is 0 Å². The Bertz CT molecular complexity index is 634. The summed E-state index contributed by atoms with van der Waals surface area (Å²) in [5, 5.41) is 0.391. The van der Waals surface area contributed by atoms with Crippen LogP contribution in [-0.2, 0) is 0 Å². The van der Waals surface area contributed by atoms with Crippen molar-refractivity contribution in [3.63, 3.8) is 0 Å². The molecule has 1 aromatic heterocycles. The second-order valence-corrected chi connectivity index (χ2v) is 5.14. The van der Waals surface area contributed by atoms with E-state index in [2.05, 4.69) is 15.8 Å². The maximum Gasteiger partial charge on any atom is 0.281 e. The molecule has 0 bridgehead atoms. The molecule has 5 nitrogen and oxygen atoms in total. The van der Waals surface area contributed by atoms with E-state index in [-0.39, 0.29) is 5.91 Å². The van der Waals surface area contributed by atoms with Gasteiger partial charge >= 0.3 is 0 Å². The summed E-state index contributed by atoms with van der Waals surface area (Å²) in [7, 11) is 0. The minimum atomic E-state index is -0.244. The van der Waals surface area contributed by atoms with Gasteiger partial charge in [-0.05, 0) is 19.4 Å². The molecule has 0 aliphatic heterocycles. The molecular weight excluding hydrogens is 272 g/mol. The molecule has 104 valence electrons. The van der Waals surface area contributed by atoms with Crippen molar-refractivity contribution < 1.29 is 4.79 Å². The summed E-state index contributed by atoms with van der Waals surface area (Å²) in [6.45, 7) is 3.66. The van der Waals surface area contributed by atoms with E-state index in [1.54, 1.807) is 6.92 Å². The summed E-state index contributed by atoms with van der Waals surface area (Å²) in [6, 6.07) is 9.75. The van der Waals surface area contributed by atoms with Gasteiger partial charge in [-0.25, -0.2) is 4.98 Å². The molecule has 0 spiro atoms. The number of nitrogens with zero attached hydrogens (tertiary/aromatic N) is 1. The lowest BCUT2D eigenvalue weighted by Crippen LogP contribution is -2.36. The Hall–Kier alpha value is -2.34. The molecule has 0 radical (unpaired) electrons. The number of rotatable bonds is 4. The van der Waals surface area contributed by atoms with Gasteiger partial charge < -0.3 is 5.73 Å². The largest absolute Gasteiger partial charge is 0.375 e. The second kappa shape index (κ2) is 6.21. The predicted octanol–water partition coefficient (Wildman–Crippen LogP) is 2.33.